The van der Waals surface area contributed by atoms with Gasteiger partial charge in [0.15, 0.2) is 0 Å². The lowest BCUT2D eigenvalue weighted by molar-refractivity contribution is -0.157. The van der Waals surface area contributed by atoms with E-state index in [4.69, 9.17) is 9.47 Å². The Labute approximate surface area is 197 Å². The van der Waals surface area contributed by atoms with Crippen molar-refractivity contribution in [1.82, 2.24) is 10.2 Å². The van der Waals surface area contributed by atoms with Crippen LogP contribution in [0.2, 0.25) is 0 Å². The molecular weight excluding hydrogens is 436 g/mol. The van der Waals surface area contributed by atoms with Crippen molar-refractivity contribution in [3.05, 3.63) is 59.7 Å². The summed E-state index contributed by atoms with van der Waals surface area (Å²) in [5.74, 6) is -1.53. The molecule has 0 aromatic heterocycles. The minimum absolute atomic E-state index is 0.0683. The number of ether oxygens (including phenoxy) is 2. The van der Waals surface area contributed by atoms with Crippen molar-refractivity contribution >= 4 is 18.0 Å². The van der Waals surface area contributed by atoms with Crippen molar-refractivity contribution in [3.8, 4) is 11.1 Å². The molecule has 3 aliphatic rings. The van der Waals surface area contributed by atoms with Crippen molar-refractivity contribution in [2.24, 2.45) is 11.3 Å². The summed E-state index contributed by atoms with van der Waals surface area (Å²) in [5, 5.41) is 12.4. The summed E-state index contributed by atoms with van der Waals surface area (Å²) < 4.78 is 11.0. The number of carboxylic acids is 1. The summed E-state index contributed by atoms with van der Waals surface area (Å²) in [6.45, 7) is 2.89. The Hall–Kier alpha value is -3.39. The van der Waals surface area contributed by atoms with Gasteiger partial charge in [0.25, 0.3) is 0 Å². The number of carbonyl (C=O) groups is 3. The van der Waals surface area contributed by atoms with Crippen LogP contribution < -0.4 is 5.32 Å². The second-order valence-corrected chi connectivity index (χ2v) is 9.39. The SMILES string of the molecule is C[C@H](NC(=O)OCC1c2ccccc2-c2ccccc21)C(=O)N1C[C@@H]2COCC[C@]2(C(=O)O)C1. The second kappa shape index (κ2) is 8.76. The normalized spacial score (nSPS) is 24.0. The standard InChI is InChI=1S/C26H28N2O6/c1-16(23(29)28-12-17-13-33-11-10-26(17,15-28)24(30)31)27-25(32)34-14-22-20-8-4-2-6-18(20)19-7-3-5-9-21(19)22/h2-9,16-17,22H,10-15H2,1H3,(H,27,32)(H,30,31)/t16-,17+,26-/m0/s1. The second-order valence-electron chi connectivity index (χ2n) is 9.39. The van der Waals surface area contributed by atoms with Crippen LogP contribution in [0.15, 0.2) is 48.5 Å². The van der Waals surface area contributed by atoms with Gasteiger partial charge in [0.05, 0.1) is 12.0 Å². The zero-order valence-corrected chi connectivity index (χ0v) is 19.0. The molecule has 2 fully saturated rings. The predicted octanol–water partition coefficient (Wildman–Crippen LogP) is 2.86. The highest BCUT2D eigenvalue weighted by Crippen LogP contribution is 2.45. The quantitative estimate of drug-likeness (QED) is 0.705. The first-order chi connectivity index (χ1) is 16.4. The van der Waals surface area contributed by atoms with E-state index in [9.17, 15) is 19.5 Å². The van der Waals surface area contributed by atoms with E-state index in [1.165, 1.54) is 4.90 Å². The monoisotopic (exact) mass is 464 g/mol. The van der Waals surface area contributed by atoms with Gasteiger partial charge in [0.2, 0.25) is 5.91 Å². The van der Waals surface area contributed by atoms with Gasteiger partial charge in [-0.25, -0.2) is 4.79 Å². The van der Waals surface area contributed by atoms with Crippen LogP contribution in [-0.4, -0.2) is 66.9 Å². The highest BCUT2D eigenvalue weighted by molar-refractivity contribution is 5.87. The third-order valence-corrected chi connectivity index (χ3v) is 7.49. The van der Waals surface area contributed by atoms with Gasteiger partial charge in [0, 0.05) is 31.5 Å². The highest BCUT2D eigenvalue weighted by atomic mass is 16.5. The molecule has 0 unspecified atom stereocenters. The third kappa shape index (κ3) is 3.72. The topological polar surface area (TPSA) is 105 Å². The lowest BCUT2D eigenvalue weighted by Crippen LogP contribution is -2.48. The number of benzene rings is 2. The molecule has 34 heavy (non-hydrogen) atoms. The molecule has 2 aromatic carbocycles. The minimum atomic E-state index is -0.975. The number of aliphatic carboxylic acids is 1. The average Bonchev–Trinajstić information content (AvgIpc) is 3.39. The van der Waals surface area contributed by atoms with Gasteiger partial charge in [-0.3, -0.25) is 9.59 Å². The number of amides is 2. The highest BCUT2D eigenvalue weighted by Gasteiger charge is 2.55. The minimum Gasteiger partial charge on any atom is -0.481 e. The molecule has 2 amide bonds. The number of likely N-dealkylation sites (tertiary alicyclic amines) is 1. The predicted molar refractivity (Wildman–Crippen MR) is 123 cm³/mol. The van der Waals surface area contributed by atoms with E-state index in [1.54, 1.807) is 6.92 Å². The van der Waals surface area contributed by atoms with Crippen molar-refractivity contribution < 1.29 is 29.0 Å². The van der Waals surface area contributed by atoms with Crippen LogP contribution in [0.3, 0.4) is 0 Å². The molecule has 2 heterocycles. The van der Waals surface area contributed by atoms with Crippen molar-refractivity contribution in [2.45, 2.75) is 25.3 Å². The number of hydrogen-bond acceptors (Lipinski definition) is 5. The Bertz CT molecular complexity index is 1090. The van der Waals surface area contributed by atoms with E-state index in [2.05, 4.69) is 17.4 Å². The molecule has 2 N–H and O–H groups in total. The Morgan fingerprint density at radius 3 is 2.41 bits per heavy atom. The number of fused-ring (bicyclic) bond motifs is 4. The molecule has 1 aliphatic carbocycles. The fourth-order valence-corrected chi connectivity index (χ4v) is 5.62. The summed E-state index contributed by atoms with van der Waals surface area (Å²) in [7, 11) is 0. The maximum Gasteiger partial charge on any atom is 0.407 e. The molecule has 2 aromatic rings. The molecule has 0 bridgehead atoms. The Kier molecular flexibility index (Phi) is 5.77. The van der Waals surface area contributed by atoms with Gasteiger partial charge in [0.1, 0.15) is 12.6 Å². The van der Waals surface area contributed by atoms with E-state index in [0.29, 0.717) is 26.2 Å². The van der Waals surface area contributed by atoms with E-state index in [-0.39, 0.29) is 30.9 Å². The Morgan fingerprint density at radius 2 is 1.79 bits per heavy atom. The average molecular weight is 465 g/mol. The summed E-state index contributed by atoms with van der Waals surface area (Å²) >= 11 is 0. The fraction of sp³-hybridized carbons (Fsp3) is 0.423. The van der Waals surface area contributed by atoms with Crippen molar-refractivity contribution in [3.63, 3.8) is 0 Å². The number of hydrogen-bond donors (Lipinski definition) is 2. The molecule has 0 radical (unpaired) electrons. The maximum absolute atomic E-state index is 13.0. The summed E-state index contributed by atoms with van der Waals surface area (Å²) in [6.07, 6.45) is -0.291. The van der Waals surface area contributed by atoms with Crippen molar-refractivity contribution in [1.29, 1.82) is 0 Å². The van der Waals surface area contributed by atoms with Gasteiger partial charge in [-0.2, -0.15) is 0 Å². The molecule has 5 rings (SSSR count). The first-order valence-corrected chi connectivity index (χ1v) is 11.6. The number of carboxylic acid groups (broad SMARTS) is 1. The van der Waals surface area contributed by atoms with Crippen LogP contribution in [0.5, 0.6) is 0 Å². The smallest absolute Gasteiger partial charge is 0.407 e. The molecule has 3 atom stereocenters. The molecule has 2 saturated heterocycles. The zero-order chi connectivity index (χ0) is 23.9. The van der Waals surface area contributed by atoms with E-state index >= 15 is 0 Å². The van der Waals surface area contributed by atoms with Crippen LogP contribution >= 0.6 is 0 Å². The molecule has 8 nitrogen and oxygen atoms in total. The van der Waals surface area contributed by atoms with Gasteiger partial charge in [-0.05, 0) is 35.6 Å². The number of rotatable bonds is 5. The summed E-state index contributed by atoms with van der Waals surface area (Å²) in [5.41, 5.74) is 3.53. The van der Waals surface area contributed by atoms with E-state index < -0.39 is 23.5 Å². The first-order valence-electron chi connectivity index (χ1n) is 11.6. The number of alkyl carbamates (subject to hydrolysis) is 1. The van der Waals surface area contributed by atoms with Crippen LogP contribution in [0.25, 0.3) is 11.1 Å². The Balaban J connectivity index is 1.20. The summed E-state index contributed by atoms with van der Waals surface area (Å²) in [4.78, 5) is 39.1. The van der Waals surface area contributed by atoms with Crippen LogP contribution in [0.4, 0.5) is 4.79 Å². The van der Waals surface area contributed by atoms with Crippen LogP contribution in [0, 0.1) is 11.3 Å². The lowest BCUT2D eigenvalue weighted by Gasteiger charge is -2.33. The van der Waals surface area contributed by atoms with Gasteiger partial charge < -0.3 is 24.8 Å². The maximum atomic E-state index is 13.0. The van der Waals surface area contributed by atoms with Crippen molar-refractivity contribution in [2.75, 3.05) is 32.9 Å². The van der Waals surface area contributed by atoms with E-state index in [1.807, 2.05) is 36.4 Å². The molecule has 8 heteroatoms. The largest absolute Gasteiger partial charge is 0.481 e. The number of carbonyl (C=O) groups excluding carboxylic acids is 2. The van der Waals surface area contributed by atoms with Gasteiger partial charge in [-0.15, -0.1) is 0 Å². The molecule has 0 saturated carbocycles. The number of nitrogens with one attached hydrogen (secondary N) is 1. The molecular formula is C26H28N2O6. The zero-order valence-electron chi connectivity index (χ0n) is 19.0. The Morgan fingerprint density at radius 1 is 1.15 bits per heavy atom. The lowest BCUT2D eigenvalue weighted by atomic mass is 9.74. The fourth-order valence-electron chi connectivity index (χ4n) is 5.62. The van der Waals surface area contributed by atoms with Gasteiger partial charge in [-0.1, -0.05) is 48.5 Å². The molecule has 2 aliphatic heterocycles. The van der Waals surface area contributed by atoms with Crippen LogP contribution in [-0.2, 0) is 19.1 Å². The first kappa shape index (κ1) is 22.4. The van der Waals surface area contributed by atoms with Gasteiger partial charge >= 0.3 is 12.1 Å². The third-order valence-electron chi connectivity index (χ3n) is 7.49. The number of nitrogens with zero attached hydrogens (tertiary/aromatic N) is 1. The molecule has 0 spiro atoms. The summed E-state index contributed by atoms with van der Waals surface area (Å²) in [6, 6.07) is 15.3. The van der Waals surface area contributed by atoms with Crippen LogP contribution in [0.1, 0.15) is 30.4 Å². The molecule has 178 valence electrons. The van der Waals surface area contributed by atoms with E-state index in [0.717, 1.165) is 22.3 Å².